The Bertz CT molecular complexity index is 966. The van der Waals surface area contributed by atoms with E-state index < -0.39 is 18.5 Å². The molecule has 1 aromatic carbocycles. The molecule has 0 saturated carbocycles. The number of nitrogens with zero attached hydrogens (tertiary/aromatic N) is 3. The van der Waals surface area contributed by atoms with Crippen LogP contribution in [-0.4, -0.2) is 33.2 Å². The average molecular weight is 385 g/mol. The van der Waals surface area contributed by atoms with Gasteiger partial charge in [0.05, 0.1) is 11.3 Å². The van der Waals surface area contributed by atoms with Gasteiger partial charge < -0.3 is 10.1 Å². The molecule has 8 heteroatoms. The van der Waals surface area contributed by atoms with Crippen LogP contribution in [-0.2, 0) is 9.53 Å². The zero-order chi connectivity index (χ0) is 19.4. The van der Waals surface area contributed by atoms with Gasteiger partial charge in [-0.15, -0.1) is 0 Å². The highest BCUT2D eigenvalue weighted by Gasteiger charge is 2.12. The maximum atomic E-state index is 12.1. The van der Waals surface area contributed by atoms with Gasteiger partial charge in [0.15, 0.2) is 12.4 Å². The van der Waals surface area contributed by atoms with Gasteiger partial charge in [0.2, 0.25) is 0 Å². The normalized spacial score (nSPS) is 10.5. The standard InChI is InChI=1S/C19H17ClN4O3/c1-12-9-13(2)24(23-12)17-8-3-14(10-21-17)19(26)27-11-18(25)22-16-6-4-15(20)5-7-16/h3-10H,11H2,1-2H3,(H,22,25). The lowest BCUT2D eigenvalue weighted by Crippen LogP contribution is -2.21. The van der Waals surface area contributed by atoms with Gasteiger partial charge in [0.1, 0.15) is 0 Å². The minimum Gasteiger partial charge on any atom is -0.452 e. The van der Waals surface area contributed by atoms with Crippen LogP contribution in [0, 0.1) is 13.8 Å². The van der Waals surface area contributed by atoms with Crippen molar-refractivity contribution in [3.8, 4) is 5.82 Å². The Labute approximate surface area is 160 Å². The van der Waals surface area contributed by atoms with E-state index in [9.17, 15) is 9.59 Å². The highest BCUT2D eigenvalue weighted by Crippen LogP contribution is 2.13. The van der Waals surface area contributed by atoms with Crippen LogP contribution < -0.4 is 5.32 Å². The van der Waals surface area contributed by atoms with Crippen molar-refractivity contribution < 1.29 is 14.3 Å². The van der Waals surface area contributed by atoms with E-state index in [0.717, 1.165) is 11.4 Å². The molecule has 0 saturated heterocycles. The number of nitrogens with one attached hydrogen (secondary N) is 1. The first-order valence-corrected chi connectivity index (χ1v) is 8.52. The Balaban J connectivity index is 1.57. The lowest BCUT2D eigenvalue weighted by atomic mass is 10.3. The number of carbonyl (C=O) groups is 2. The number of hydrogen-bond acceptors (Lipinski definition) is 5. The monoisotopic (exact) mass is 384 g/mol. The molecule has 0 fully saturated rings. The number of pyridine rings is 1. The highest BCUT2D eigenvalue weighted by atomic mass is 35.5. The van der Waals surface area contributed by atoms with Crippen LogP contribution in [0.25, 0.3) is 5.82 Å². The number of carbonyl (C=O) groups excluding carboxylic acids is 2. The van der Waals surface area contributed by atoms with Crippen molar-refractivity contribution in [3.05, 3.63) is 70.6 Å². The zero-order valence-corrected chi connectivity index (χ0v) is 15.5. The topological polar surface area (TPSA) is 86.1 Å². The summed E-state index contributed by atoms with van der Waals surface area (Å²) in [5.74, 6) is -0.482. The Morgan fingerprint density at radius 3 is 2.48 bits per heavy atom. The molecule has 0 unspecified atom stereocenters. The Kier molecular flexibility index (Phi) is 5.52. The van der Waals surface area contributed by atoms with Crippen molar-refractivity contribution in [2.24, 2.45) is 0 Å². The Hall–Kier alpha value is -3.19. The van der Waals surface area contributed by atoms with Gasteiger partial charge in [-0.05, 0) is 56.3 Å². The zero-order valence-electron chi connectivity index (χ0n) is 14.8. The molecule has 0 atom stereocenters. The van der Waals surface area contributed by atoms with Gasteiger partial charge in [-0.25, -0.2) is 14.5 Å². The molecule has 2 aromatic heterocycles. The molecule has 138 valence electrons. The third-order valence-corrected chi connectivity index (χ3v) is 3.92. The number of aryl methyl sites for hydroxylation is 2. The van der Waals surface area contributed by atoms with Gasteiger partial charge in [-0.1, -0.05) is 11.6 Å². The summed E-state index contributed by atoms with van der Waals surface area (Å²) in [6, 6.07) is 11.8. The number of esters is 1. The van der Waals surface area contributed by atoms with Gasteiger partial charge >= 0.3 is 5.97 Å². The van der Waals surface area contributed by atoms with E-state index in [1.807, 2.05) is 19.9 Å². The van der Waals surface area contributed by atoms with Crippen LogP contribution in [0.1, 0.15) is 21.7 Å². The van der Waals surface area contributed by atoms with E-state index in [1.165, 1.54) is 6.20 Å². The third-order valence-electron chi connectivity index (χ3n) is 3.67. The van der Waals surface area contributed by atoms with E-state index in [2.05, 4.69) is 15.4 Å². The molecule has 0 bridgehead atoms. The van der Waals surface area contributed by atoms with Crippen molar-refractivity contribution in [1.29, 1.82) is 0 Å². The number of halogens is 1. The lowest BCUT2D eigenvalue weighted by molar-refractivity contribution is -0.119. The number of anilines is 1. The molecule has 0 spiro atoms. The molecule has 2 heterocycles. The largest absolute Gasteiger partial charge is 0.452 e. The predicted molar refractivity (Wildman–Crippen MR) is 101 cm³/mol. The van der Waals surface area contributed by atoms with Crippen molar-refractivity contribution >= 4 is 29.2 Å². The van der Waals surface area contributed by atoms with E-state index >= 15 is 0 Å². The summed E-state index contributed by atoms with van der Waals surface area (Å²) >= 11 is 5.79. The van der Waals surface area contributed by atoms with Crippen LogP contribution in [0.3, 0.4) is 0 Å². The summed E-state index contributed by atoms with van der Waals surface area (Å²) in [7, 11) is 0. The van der Waals surface area contributed by atoms with Crippen LogP contribution in [0.5, 0.6) is 0 Å². The van der Waals surface area contributed by atoms with Gasteiger partial charge in [-0.3, -0.25) is 4.79 Å². The van der Waals surface area contributed by atoms with E-state index in [0.29, 0.717) is 16.5 Å². The van der Waals surface area contributed by atoms with Crippen molar-refractivity contribution in [2.45, 2.75) is 13.8 Å². The minimum atomic E-state index is -0.631. The first kappa shape index (κ1) is 18.6. The second-order valence-corrected chi connectivity index (χ2v) is 6.31. The average Bonchev–Trinajstić information content (AvgIpc) is 3.00. The van der Waals surface area contributed by atoms with E-state index in [4.69, 9.17) is 16.3 Å². The fourth-order valence-corrected chi connectivity index (χ4v) is 2.56. The minimum absolute atomic E-state index is 0.250. The Morgan fingerprint density at radius 1 is 1.15 bits per heavy atom. The van der Waals surface area contributed by atoms with Crippen molar-refractivity contribution in [1.82, 2.24) is 14.8 Å². The van der Waals surface area contributed by atoms with Gasteiger partial charge in [-0.2, -0.15) is 5.10 Å². The summed E-state index contributed by atoms with van der Waals surface area (Å²) < 4.78 is 6.70. The maximum Gasteiger partial charge on any atom is 0.340 e. The number of benzene rings is 1. The molecule has 0 radical (unpaired) electrons. The first-order valence-electron chi connectivity index (χ1n) is 8.14. The van der Waals surface area contributed by atoms with Crippen LogP contribution >= 0.6 is 11.6 Å². The number of ether oxygens (including phenoxy) is 1. The Morgan fingerprint density at radius 2 is 1.89 bits per heavy atom. The number of rotatable bonds is 5. The predicted octanol–water partition coefficient (Wildman–Crippen LogP) is 3.33. The fourth-order valence-electron chi connectivity index (χ4n) is 2.44. The number of amides is 1. The molecular weight excluding hydrogens is 368 g/mol. The van der Waals surface area contributed by atoms with Crippen LogP contribution in [0.4, 0.5) is 5.69 Å². The molecule has 3 aromatic rings. The lowest BCUT2D eigenvalue weighted by Gasteiger charge is -2.07. The number of hydrogen-bond donors (Lipinski definition) is 1. The molecule has 0 aliphatic rings. The molecule has 3 rings (SSSR count). The summed E-state index contributed by atoms with van der Waals surface area (Å²) in [6.45, 7) is 3.41. The molecular formula is C19H17ClN4O3. The molecule has 1 amide bonds. The maximum absolute atomic E-state index is 12.1. The summed E-state index contributed by atoms with van der Waals surface area (Å²) in [5.41, 5.74) is 2.63. The molecule has 0 aliphatic heterocycles. The van der Waals surface area contributed by atoms with Crippen LogP contribution in [0.2, 0.25) is 5.02 Å². The molecule has 27 heavy (non-hydrogen) atoms. The van der Waals surface area contributed by atoms with Crippen molar-refractivity contribution in [2.75, 3.05) is 11.9 Å². The van der Waals surface area contributed by atoms with E-state index in [1.54, 1.807) is 41.1 Å². The summed E-state index contributed by atoms with van der Waals surface area (Å²) in [4.78, 5) is 28.2. The van der Waals surface area contributed by atoms with Gasteiger partial charge in [0.25, 0.3) is 5.91 Å². The number of aromatic nitrogens is 3. The van der Waals surface area contributed by atoms with Crippen LogP contribution in [0.15, 0.2) is 48.7 Å². The highest BCUT2D eigenvalue weighted by molar-refractivity contribution is 6.30. The van der Waals surface area contributed by atoms with E-state index in [-0.39, 0.29) is 5.56 Å². The third kappa shape index (κ3) is 4.71. The molecule has 0 aliphatic carbocycles. The fraction of sp³-hybridized carbons (Fsp3) is 0.158. The second kappa shape index (κ2) is 8.01. The van der Waals surface area contributed by atoms with Gasteiger partial charge in [0, 0.05) is 22.6 Å². The van der Waals surface area contributed by atoms with Crippen molar-refractivity contribution in [3.63, 3.8) is 0 Å². The first-order chi connectivity index (χ1) is 12.9. The quantitative estimate of drug-likeness (QED) is 0.682. The molecule has 1 N–H and O–H groups in total. The smallest absolute Gasteiger partial charge is 0.340 e. The second-order valence-electron chi connectivity index (χ2n) is 5.88. The summed E-state index contributed by atoms with van der Waals surface area (Å²) in [6.07, 6.45) is 1.39. The molecule has 7 nitrogen and oxygen atoms in total. The summed E-state index contributed by atoms with van der Waals surface area (Å²) in [5, 5.41) is 7.52. The SMILES string of the molecule is Cc1cc(C)n(-c2ccc(C(=O)OCC(=O)Nc3ccc(Cl)cc3)cn2)n1.